The summed E-state index contributed by atoms with van der Waals surface area (Å²) >= 11 is 1.02. The second-order valence-corrected chi connectivity index (χ2v) is 14.5. The van der Waals surface area contributed by atoms with E-state index < -0.39 is 36.8 Å². The molecule has 3 saturated heterocycles. The van der Waals surface area contributed by atoms with Gasteiger partial charge in [0.15, 0.2) is 0 Å². The lowest BCUT2D eigenvalue weighted by atomic mass is 9.91. The Balaban J connectivity index is 1.17. The van der Waals surface area contributed by atoms with Gasteiger partial charge in [0.05, 0.1) is 4.88 Å². The van der Waals surface area contributed by atoms with Crippen LogP contribution in [0.1, 0.15) is 59.3 Å². The summed E-state index contributed by atoms with van der Waals surface area (Å²) in [4.78, 5) is 66.6. The third kappa shape index (κ3) is 5.48. The molecule has 3 aliphatic rings. The van der Waals surface area contributed by atoms with Gasteiger partial charge in [0, 0.05) is 47.7 Å². The van der Waals surface area contributed by atoms with E-state index in [0.717, 1.165) is 35.5 Å². The highest BCUT2D eigenvalue weighted by Gasteiger charge is 2.51. The predicted molar refractivity (Wildman–Crippen MR) is 155 cm³/mol. The number of halogens is 2. The minimum Gasteiger partial charge on any atom is -0.340 e. The second-order valence-electron chi connectivity index (χ2n) is 11.8. The molecular weight excluding hydrogens is 601 g/mol. The standard InChI is InChI=1S/C29H31F2N4O6PS/c1-16-9-21-5-6-23(28(38)34-14-19(15-34)17-3-2-8-32-13-17)35(21)27(37)22(10-16)33-26(36)25-12-18-11-20(4-7-24(18)43-25)29(30,31)42(39,40)41/h2-4,7-8,11-13,16,19,21-23H,5-6,9-10,14-15H2,1H3,(H,33,36)(H2,39,40,41)/t16-,21-,22+,23+/m1/s1. The number of likely N-dealkylation sites (tertiary alicyclic amines) is 1. The Morgan fingerprint density at radius 3 is 2.60 bits per heavy atom. The van der Waals surface area contributed by atoms with E-state index >= 15 is 0 Å². The van der Waals surface area contributed by atoms with Gasteiger partial charge in [0.25, 0.3) is 5.91 Å². The molecule has 0 bridgehead atoms. The highest BCUT2D eigenvalue weighted by molar-refractivity contribution is 7.52. The molecule has 2 aromatic heterocycles. The molecule has 3 N–H and O–H groups in total. The van der Waals surface area contributed by atoms with Crippen molar-refractivity contribution in [3.8, 4) is 0 Å². The fourth-order valence-corrected chi connectivity index (χ4v) is 7.91. The Kier molecular flexibility index (Phi) is 7.65. The summed E-state index contributed by atoms with van der Waals surface area (Å²) in [5, 5.41) is 3.05. The van der Waals surface area contributed by atoms with E-state index in [0.29, 0.717) is 37.1 Å². The van der Waals surface area contributed by atoms with E-state index in [-0.39, 0.29) is 40.0 Å². The first-order valence-corrected chi connectivity index (χ1v) is 16.6. The zero-order chi connectivity index (χ0) is 30.7. The quantitative estimate of drug-likeness (QED) is 0.349. The summed E-state index contributed by atoms with van der Waals surface area (Å²) < 4.78 is 40.3. The molecule has 5 heterocycles. The highest BCUT2D eigenvalue weighted by Crippen LogP contribution is 2.59. The number of fused-ring (bicyclic) bond motifs is 2. The molecule has 0 spiro atoms. The van der Waals surface area contributed by atoms with Gasteiger partial charge in [0.1, 0.15) is 12.1 Å². The Morgan fingerprint density at radius 2 is 1.91 bits per heavy atom. The van der Waals surface area contributed by atoms with Crippen LogP contribution in [0.5, 0.6) is 0 Å². The number of carbonyl (C=O) groups excluding carboxylic acids is 3. The van der Waals surface area contributed by atoms with Crippen LogP contribution >= 0.6 is 18.9 Å². The van der Waals surface area contributed by atoms with Crippen LogP contribution in [-0.4, -0.2) is 73.5 Å². The molecule has 0 saturated carbocycles. The van der Waals surface area contributed by atoms with Gasteiger partial charge in [-0.25, -0.2) is 0 Å². The first-order valence-electron chi connectivity index (χ1n) is 14.1. The van der Waals surface area contributed by atoms with Crippen LogP contribution in [-0.2, 0) is 19.8 Å². The van der Waals surface area contributed by atoms with E-state index in [1.54, 1.807) is 22.2 Å². The van der Waals surface area contributed by atoms with Crippen LogP contribution in [0.4, 0.5) is 8.78 Å². The lowest BCUT2D eigenvalue weighted by Gasteiger charge is -2.42. The van der Waals surface area contributed by atoms with E-state index in [1.165, 1.54) is 12.1 Å². The van der Waals surface area contributed by atoms with Gasteiger partial charge in [-0.15, -0.1) is 11.3 Å². The summed E-state index contributed by atoms with van der Waals surface area (Å²) in [5.41, 5.74) is -4.15. The van der Waals surface area contributed by atoms with Crippen molar-refractivity contribution < 1.29 is 37.5 Å². The van der Waals surface area contributed by atoms with Crippen molar-refractivity contribution >= 4 is 46.7 Å². The number of rotatable bonds is 6. The minimum absolute atomic E-state index is 0.0805. The van der Waals surface area contributed by atoms with Crippen LogP contribution < -0.4 is 5.32 Å². The number of aromatic nitrogens is 1. The lowest BCUT2D eigenvalue weighted by Crippen LogP contribution is -2.58. The van der Waals surface area contributed by atoms with Crippen LogP contribution in [0.15, 0.2) is 48.8 Å². The maximum absolute atomic E-state index is 14.2. The van der Waals surface area contributed by atoms with Gasteiger partial charge in [-0.2, -0.15) is 8.78 Å². The number of hydrogen-bond acceptors (Lipinski definition) is 6. The van der Waals surface area contributed by atoms with Gasteiger partial charge < -0.3 is 24.9 Å². The van der Waals surface area contributed by atoms with Crippen LogP contribution in [0.25, 0.3) is 10.1 Å². The van der Waals surface area contributed by atoms with Crippen molar-refractivity contribution in [2.75, 3.05) is 13.1 Å². The second kappa shape index (κ2) is 11.0. The third-order valence-corrected chi connectivity index (χ3v) is 10.9. The van der Waals surface area contributed by atoms with E-state index in [2.05, 4.69) is 10.3 Å². The first-order chi connectivity index (χ1) is 20.3. The maximum Gasteiger partial charge on any atom is 0.399 e. The highest BCUT2D eigenvalue weighted by atomic mass is 32.1. The monoisotopic (exact) mass is 632 g/mol. The summed E-state index contributed by atoms with van der Waals surface area (Å²) in [6.45, 7) is 3.15. The number of nitrogens with zero attached hydrogens (tertiary/aromatic N) is 3. The lowest BCUT2D eigenvalue weighted by molar-refractivity contribution is -0.148. The van der Waals surface area contributed by atoms with Crippen molar-refractivity contribution in [1.29, 1.82) is 0 Å². The molecule has 10 nitrogen and oxygen atoms in total. The zero-order valence-corrected chi connectivity index (χ0v) is 24.9. The molecule has 0 unspecified atom stereocenters. The van der Waals surface area contributed by atoms with Crippen LogP contribution in [0, 0.1) is 5.92 Å². The molecule has 3 fully saturated rings. The van der Waals surface area contributed by atoms with Crippen molar-refractivity contribution in [3.05, 3.63) is 64.8 Å². The smallest absolute Gasteiger partial charge is 0.340 e. The summed E-state index contributed by atoms with van der Waals surface area (Å²) in [5.74, 6) is -0.618. The number of alkyl halides is 2. The van der Waals surface area contributed by atoms with Crippen molar-refractivity contribution in [3.63, 3.8) is 0 Å². The zero-order valence-electron chi connectivity index (χ0n) is 23.2. The predicted octanol–water partition coefficient (Wildman–Crippen LogP) is 4.04. The van der Waals surface area contributed by atoms with E-state index in [4.69, 9.17) is 9.79 Å². The largest absolute Gasteiger partial charge is 0.399 e. The molecule has 43 heavy (non-hydrogen) atoms. The Hall–Kier alpha value is -3.25. The van der Waals surface area contributed by atoms with Gasteiger partial charge in [-0.05, 0) is 66.8 Å². The number of hydrogen-bond donors (Lipinski definition) is 3. The topological polar surface area (TPSA) is 140 Å². The molecule has 0 aliphatic carbocycles. The molecular formula is C29H31F2N4O6PS. The minimum atomic E-state index is -5.75. The maximum atomic E-state index is 14.2. The van der Waals surface area contributed by atoms with Gasteiger partial charge >= 0.3 is 13.3 Å². The number of pyridine rings is 1. The number of thiophene rings is 1. The Morgan fingerprint density at radius 1 is 1.14 bits per heavy atom. The number of carbonyl (C=O) groups is 3. The van der Waals surface area contributed by atoms with Crippen LogP contribution in [0.3, 0.4) is 0 Å². The fraction of sp³-hybridized carbons (Fsp3) is 0.448. The number of nitrogens with one attached hydrogen (secondary N) is 1. The van der Waals surface area contributed by atoms with Gasteiger partial charge in [-0.3, -0.25) is 23.9 Å². The van der Waals surface area contributed by atoms with Crippen molar-refractivity contribution in [1.82, 2.24) is 20.1 Å². The molecule has 4 atom stereocenters. The number of amides is 3. The third-order valence-electron chi connectivity index (χ3n) is 8.76. The van der Waals surface area contributed by atoms with Crippen LogP contribution in [0.2, 0.25) is 0 Å². The normalized spacial score (nSPS) is 24.9. The first kappa shape index (κ1) is 29.8. The Labute approximate surface area is 250 Å². The fourth-order valence-electron chi connectivity index (χ4n) is 6.49. The molecule has 3 aromatic rings. The van der Waals surface area contributed by atoms with Crippen molar-refractivity contribution in [2.24, 2.45) is 5.92 Å². The molecule has 14 heteroatoms. The molecule has 0 radical (unpaired) electrons. The molecule has 6 rings (SSSR count). The molecule has 3 aliphatic heterocycles. The SMILES string of the molecule is C[C@@H]1C[C@H]2CC[C@@H](C(=O)N3CC(c4cccnc4)C3)N2C(=O)[C@@H](NC(=O)c2cc3cc(C(F)(F)P(=O)(O)O)ccc3s2)C1. The van der Waals surface area contributed by atoms with Gasteiger partial charge in [0.2, 0.25) is 11.8 Å². The Bertz CT molecular complexity index is 1630. The molecule has 3 amide bonds. The average Bonchev–Trinajstić information content (AvgIpc) is 3.52. The van der Waals surface area contributed by atoms with Crippen molar-refractivity contribution in [2.45, 2.75) is 62.3 Å². The average molecular weight is 633 g/mol. The molecule has 228 valence electrons. The summed E-state index contributed by atoms with van der Waals surface area (Å²) in [6, 6.07) is 6.86. The molecule has 1 aromatic carbocycles. The summed E-state index contributed by atoms with van der Waals surface area (Å²) in [7, 11) is -5.75. The van der Waals surface area contributed by atoms with Gasteiger partial charge in [-0.1, -0.05) is 19.1 Å². The van der Waals surface area contributed by atoms with E-state index in [1.807, 2.05) is 19.1 Å². The summed E-state index contributed by atoms with van der Waals surface area (Å²) in [6.07, 6.45) is 5.91. The van der Waals surface area contributed by atoms with E-state index in [9.17, 15) is 27.7 Å². The number of benzene rings is 1.